The molecule has 1 aliphatic carbocycles. The summed E-state index contributed by atoms with van der Waals surface area (Å²) >= 11 is 0. The number of alkyl halides is 35. The standard InChI is InChI=1S/C38H20F35N5/c1-10(24(39,40)29(49,50)34(59,60)61)78-19-15-7-11-6-13(20(74-2)25(41,42)30(51,52)35(62,63)64)14(21(75-3)26(43,44)31(53,54)36(65,66)67)8-12(11)18(15)16(22(76-4)27(45,46)32(55,56)37(68,69)70)9-17(19)23(77-5)28(47,48)33(57,58)38(71,72)73/h6,8-9H,7H2,1-5H3/b74-20-,75-21-,76-22-,77-23-,78-10-. The zero-order valence-electron chi connectivity index (χ0n) is 37.4. The second-order valence-electron chi connectivity index (χ2n) is 15.6. The first-order valence-electron chi connectivity index (χ1n) is 19.2. The monoisotopic (exact) mass is 1210 g/mol. The Hall–Kier alpha value is -5.66. The molecule has 2 aromatic rings. The smallest absolute Gasteiger partial charge is 0.286 e. The van der Waals surface area contributed by atoms with Crippen molar-refractivity contribution in [2.75, 3.05) is 28.2 Å². The molecule has 0 aromatic heterocycles. The maximum Gasteiger partial charge on any atom is 0.460 e. The van der Waals surface area contributed by atoms with E-state index >= 15 is 43.9 Å². The zero-order valence-corrected chi connectivity index (χ0v) is 37.4. The molecule has 0 heterocycles. The fraction of sp³-hybridized carbons (Fsp3) is 0.553. The van der Waals surface area contributed by atoms with Crippen LogP contribution in [-0.4, -0.2) is 147 Å². The van der Waals surface area contributed by atoms with Crippen molar-refractivity contribution < 1.29 is 154 Å². The molecule has 0 unspecified atom stereocenters. The van der Waals surface area contributed by atoms with Crippen LogP contribution in [0.15, 0.2) is 43.2 Å². The summed E-state index contributed by atoms with van der Waals surface area (Å²) in [6, 6.07) is -3.09. The molecule has 0 saturated carbocycles. The Morgan fingerprint density at radius 1 is 0.333 bits per heavy atom. The van der Waals surface area contributed by atoms with Crippen LogP contribution in [0.3, 0.4) is 0 Å². The normalized spacial score (nSPS) is 16.8. The van der Waals surface area contributed by atoms with Gasteiger partial charge in [-0.05, 0) is 47.4 Å². The molecule has 3 rings (SSSR count). The van der Waals surface area contributed by atoms with Gasteiger partial charge in [0.25, 0.3) is 0 Å². The van der Waals surface area contributed by atoms with E-state index in [0.717, 1.165) is 0 Å². The lowest BCUT2D eigenvalue weighted by Crippen LogP contribution is -2.58. The topological polar surface area (TPSA) is 61.8 Å². The van der Waals surface area contributed by atoms with E-state index in [1.54, 1.807) is 0 Å². The van der Waals surface area contributed by atoms with Crippen molar-refractivity contribution in [1.29, 1.82) is 0 Å². The average Bonchev–Trinajstić information content (AvgIpc) is 3.61. The lowest BCUT2D eigenvalue weighted by Gasteiger charge is -2.33. The Balaban J connectivity index is 3.12. The van der Waals surface area contributed by atoms with Crippen LogP contribution in [0.4, 0.5) is 159 Å². The number of fused-ring (bicyclic) bond motifs is 3. The third-order valence-electron chi connectivity index (χ3n) is 10.9. The number of aliphatic imine (C=N–C) groups is 5. The third kappa shape index (κ3) is 9.74. The van der Waals surface area contributed by atoms with Crippen LogP contribution in [0.25, 0.3) is 11.1 Å². The molecule has 0 spiro atoms. The fourth-order valence-electron chi connectivity index (χ4n) is 6.98. The Labute approximate surface area is 407 Å². The number of rotatable bonds is 15. The van der Waals surface area contributed by atoms with Crippen molar-refractivity contribution in [3.8, 4) is 11.1 Å². The number of benzene rings is 2. The minimum absolute atomic E-state index is 0.348. The van der Waals surface area contributed by atoms with Crippen molar-refractivity contribution in [1.82, 2.24) is 0 Å². The summed E-state index contributed by atoms with van der Waals surface area (Å²) in [6.45, 7) is -0.788. The first kappa shape index (κ1) is 66.6. The van der Waals surface area contributed by atoms with Crippen LogP contribution in [0.5, 0.6) is 0 Å². The largest absolute Gasteiger partial charge is 0.460 e. The molecule has 0 atom stereocenters. The van der Waals surface area contributed by atoms with E-state index in [0.29, 0.717) is 0 Å². The number of hydrogen-bond donors (Lipinski definition) is 0. The molecule has 442 valence electrons. The van der Waals surface area contributed by atoms with Gasteiger partial charge in [0.15, 0.2) is 0 Å². The Morgan fingerprint density at radius 2 is 0.590 bits per heavy atom. The molecule has 0 amide bonds. The molecule has 0 N–H and O–H groups in total. The summed E-state index contributed by atoms with van der Waals surface area (Å²) in [6.07, 6.45) is -40.6. The highest BCUT2D eigenvalue weighted by atomic mass is 19.5. The van der Waals surface area contributed by atoms with Crippen LogP contribution in [0.1, 0.15) is 40.3 Å². The predicted molar refractivity (Wildman–Crippen MR) is 197 cm³/mol. The first-order chi connectivity index (χ1) is 34.2. The van der Waals surface area contributed by atoms with Crippen LogP contribution < -0.4 is 0 Å². The SMILES string of the molecule is C/N=C(/c1cc2c(cc1/C(=N/C)C(F)(F)C(F)(F)C(F)(F)F)-c1c(/C(=N/C)C(F)(F)C(F)(F)C(F)(F)F)cc(/C(=N/C)C(F)(F)C(F)(F)C(F)(F)F)c(/N=C(/C)C(F)(F)C(F)(F)C(F)(F)F)c1C2)C(F)(F)C(F)(F)C(F)(F)F. The van der Waals surface area contributed by atoms with Crippen molar-refractivity contribution in [3.05, 3.63) is 51.6 Å². The summed E-state index contributed by atoms with van der Waals surface area (Å²) in [5.74, 6) is -74.9. The van der Waals surface area contributed by atoms with Gasteiger partial charge in [-0.25, -0.2) is 0 Å². The van der Waals surface area contributed by atoms with Gasteiger partial charge in [0.2, 0.25) is 0 Å². The molecular formula is C38H20F35N5. The van der Waals surface area contributed by atoms with Crippen molar-refractivity contribution in [2.45, 2.75) is 103 Å². The molecule has 78 heavy (non-hydrogen) atoms. The molecular weight excluding hydrogens is 1190 g/mol. The second-order valence-corrected chi connectivity index (χ2v) is 15.6. The van der Waals surface area contributed by atoms with Gasteiger partial charge < -0.3 is 0 Å². The van der Waals surface area contributed by atoms with Gasteiger partial charge in [0.05, 0.1) is 11.4 Å². The fourth-order valence-corrected chi connectivity index (χ4v) is 6.98. The quantitative estimate of drug-likeness (QED) is 0.108. The third-order valence-corrected chi connectivity index (χ3v) is 10.9. The van der Waals surface area contributed by atoms with Gasteiger partial charge in [0.1, 0.15) is 22.8 Å². The minimum atomic E-state index is -7.78. The summed E-state index contributed by atoms with van der Waals surface area (Å²) in [4.78, 5) is 11.5. The van der Waals surface area contributed by atoms with Gasteiger partial charge in [-0.15, -0.1) is 0 Å². The van der Waals surface area contributed by atoms with E-state index in [-0.39, 0.29) is 14.1 Å². The molecule has 5 nitrogen and oxygen atoms in total. The molecule has 0 aliphatic heterocycles. The number of halogens is 35. The van der Waals surface area contributed by atoms with Crippen molar-refractivity contribution in [3.63, 3.8) is 0 Å². The lowest BCUT2D eigenvalue weighted by molar-refractivity contribution is -0.336. The van der Waals surface area contributed by atoms with E-state index in [1.807, 2.05) is 0 Å². The summed E-state index contributed by atoms with van der Waals surface area (Å²) in [7, 11) is -1.55. The second kappa shape index (κ2) is 19.3. The lowest BCUT2D eigenvalue weighted by atomic mass is 9.83. The van der Waals surface area contributed by atoms with E-state index in [1.165, 1.54) is 0 Å². The molecule has 0 saturated heterocycles. The minimum Gasteiger partial charge on any atom is -0.286 e. The summed E-state index contributed by atoms with van der Waals surface area (Å²) in [5.41, 5.74) is -40.9. The molecule has 40 heteroatoms. The van der Waals surface area contributed by atoms with Crippen LogP contribution in [0, 0.1) is 0 Å². The predicted octanol–water partition coefficient (Wildman–Crippen LogP) is 15.2. The molecule has 0 fully saturated rings. The van der Waals surface area contributed by atoms with Gasteiger partial charge in [-0.3, -0.25) is 25.0 Å². The van der Waals surface area contributed by atoms with E-state index in [2.05, 4.69) is 25.0 Å². The van der Waals surface area contributed by atoms with E-state index in [9.17, 15) is 110 Å². The first-order valence-corrected chi connectivity index (χ1v) is 19.2. The molecule has 2 aromatic carbocycles. The maximum absolute atomic E-state index is 15.9. The molecule has 0 bridgehead atoms. The van der Waals surface area contributed by atoms with Gasteiger partial charge in [0, 0.05) is 56.9 Å². The highest BCUT2D eigenvalue weighted by molar-refractivity contribution is 6.21. The Morgan fingerprint density at radius 3 is 0.872 bits per heavy atom. The van der Waals surface area contributed by atoms with Crippen molar-refractivity contribution >= 4 is 34.2 Å². The summed E-state index contributed by atoms with van der Waals surface area (Å²) in [5, 5.41) is 0. The van der Waals surface area contributed by atoms with Gasteiger partial charge >= 0.3 is 90.1 Å². The van der Waals surface area contributed by atoms with Crippen molar-refractivity contribution in [2.24, 2.45) is 25.0 Å². The summed E-state index contributed by atoms with van der Waals surface area (Å²) < 4.78 is 505. The molecule has 1 aliphatic rings. The van der Waals surface area contributed by atoms with Crippen LogP contribution in [0.2, 0.25) is 0 Å². The van der Waals surface area contributed by atoms with Crippen LogP contribution in [-0.2, 0) is 6.42 Å². The number of hydrogen-bond acceptors (Lipinski definition) is 5. The maximum atomic E-state index is 15.9. The Bertz CT molecular complexity index is 2810. The van der Waals surface area contributed by atoms with Gasteiger partial charge in [-0.2, -0.15) is 154 Å². The average molecular weight is 1210 g/mol. The van der Waals surface area contributed by atoms with E-state index in [4.69, 9.17) is 0 Å². The number of nitrogens with zero attached hydrogens (tertiary/aromatic N) is 5. The molecule has 0 radical (unpaired) electrons. The van der Waals surface area contributed by atoms with E-state index < -0.39 is 214 Å². The van der Waals surface area contributed by atoms with Gasteiger partial charge in [-0.1, -0.05) is 0 Å². The van der Waals surface area contributed by atoms with Crippen LogP contribution >= 0.6 is 0 Å². The highest BCUT2D eigenvalue weighted by Crippen LogP contribution is 2.58. The Kier molecular flexibility index (Phi) is 16.5. The highest BCUT2D eigenvalue weighted by Gasteiger charge is 2.79. The zero-order chi connectivity index (χ0) is 61.9.